The zero-order valence-corrected chi connectivity index (χ0v) is 6.51. The first-order valence-electron chi connectivity index (χ1n) is 2.88. The van der Waals surface area contributed by atoms with Crippen molar-refractivity contribution in [1.29, 1.82) is 0 Å². The highest BCUT2D eigenvalue weighted by atomic mass is 16.3. The second-order valence-electron chi connectivity index (χ2n) is 1.61. The maximum Gasteiger partial charge on any atom is 0.379 e. The summed E-state index contributed by atoms with van der Waals surface area (Å²) in [6.07, 6.45) is 0. The Morgan fingerprint density at radius 1 is 1.62 bits per heavy atom. The van der Waals surface area contributed by atoms with Crippen LogP contribution in [0.3, 0.4) is 0 Å². The third-order valence-corrected chi connectivity index (χ3v) is 0.774. The predicted molar refractivity (Wildman–Crippen MR) is 39.1 cm³/mol. The smallest absolute Gasteiger partial charge is 0.379 e. The van der Waals surface area contributed by atoms with Crippen molar-refractivity contribution >= 4 is 5.96 Å². The molecule has 0 fully saturated rings. The van der Waals surface area contributed by atoms with Gasteiger partial charge in [0.1, 0.15) is 6.01 Å². The van der Waals surface area contributed by atoms with Crippen LogP contribution in [0.5, 0.6) is 6.01 Å². The number of hydrogen-bond acceptors (Lipinski definition) is 7. The van der Waals surface area contributed by atoms with Gasteiger partial charge < -0.3 is 10.9 Å². The third kappa shape index (κ3) is 4.20. The minimum atomic E-state index is -0.639. The minimum Gasteiger partial charge on any atom is -0.842 e. The average molecular weight is 190 g/mol. The molecule has 74 valence electrons. The zero-order chi connectivity index (χ0) is 10.3. The maximum absolute atomic E-state index is 10.0. The Morgan fingerprint density at radius 2 is 2.23 bits per heavy atom. The number of nitrogen functional groups attached to an aromatic ring is 1. The van der Waals surface area contributed by atoms with Gasteiger partial charge >= 0.3 is 5.96 Å². The minimum absolute atomic E-state index is 0.148. The lowest BCUT2D eigenvalue weighted by Crippen LogP contribution is -2.85. The number of aromatic nitrogens is 4. The largest absolute Gasteiger partial charge is 0.842 e. The summed E-state index contributed by atoms with van der Waals surface area (Å²) in [4.78, 5) is 0.556. The predicted octanol–water partition coefficient (Wildman–Crippen LogP) is -6.82. The van der Waals surface area contributed by atoms with Gasteiger partial charge in [0.25, 0.3) is 0 Å². The van der Waals surface area contributed by atoms with Crippen LogP contribution in [0.1, 0.15) is 0 Å². The summed E-state index contributed by atoms with van der Waals surface area (Å²) < 4.78 is 0. The van der Waals surface area contributed by atoms with Crippen molar-refractivity contribution in [3.8, 4) is 6.01 Å². The molecule has 0 aliphatic rings. The topological polar surface area (TPSA) is 197 Å². The van der Waals surface area contributed by atoms with Gasteiger partial charge in [-0.3, -0.25) is 11.6 Å². The van der Waals surface area contributed by atoms with Gasteiger partial charge in [-0.15, -0.1) is 5.10 Å². The molecule has 0 atom stereocenters. The number of rotatable bonds is 0. The van der Waals surface area contributed by atoms with Crippen molar-refractivity contribution in [3.05, 3.63) is 0 Å². The van der Waals surface area contributed by atoms with E-state index in [9.17, 15) is 5.11 Å². The van der Waals surface area contributed by atoms with Gasteiger partial charge in [-0.2, -0.15) is 15.7 Å². The van der Waals surface area contributed by atoms with E-state index < -0.39 is 6.01 Å². The fraction of sp³-hybridized carbons (Fsp3) is 0. The Bertz CT molecular complexity index is 247. The highest BCUT2D eigenvalue weighted by molar-refractivity contribution is 5.70. The molecule has 0 bridgehead atoms. The molecule has 1 aromatic rings. The molecule has 0 aromatic carbocycles. The Labute approximate surface area is 72.3 Å². The second-order valence-corrected chi connectivity index (χ2v) is 1.61. The molecule has 13 heavy (non-hydrogen) atoms. The quantitative estimate of drug-likeness (QED) is 0.0995. The summed E-state index contributed by atoms with van der Waals surface area (Å²) in [5, 5.41) is 21.0. The number of guanidine groups is 1. The van der Waals surface area contributed by atoms with Gasteiger partial charge in [0.2, 0.25) is 0 Å². The average Bonchev–Trinajstić information content (AvgIpc) is 2.51. The maximum atomic E-state index is 10.0. The van der Waals surface area contributed by atoms with Gasteiger partial charge in [0.15, 0.2) is 0 Å². The van der Waals surface area contributed by atoms with E-state index in [1.165, 1.54) is 0 Å². The molecule has 1 heterocycles. The molecule has 0 spiro atoms. The summed E-state index contributed by atoms with van der Waals surface area (Å²) in [5.41, 5.74) is 6.99. The van der Waals surface area contributed by atoms with Gasteiger partial charge in [0.05, 0.1) is 0 Å². The number of nitrogens with zero attached hydrogens (tertiary/aromatic N) is 4. The van der Waals surface area contributed by atoms with Crippen LogP contribution in [-0.4, -0.2) is 26.3 Å². The molecular formula is C2H10N10O. The fourth-order valence-corrected chi connectivity index (χ4v) is 0.227. The van der Waals surface area contributed by atoms with Crippen LogP contribution < -0.4 is 38.9 Å². The van der Waals surface area contributed by atoms with Crippen LogP contribution in [-0.2, 0) is 0 Å². The van der Waals surface area contributed by atoms with E-state index in [2.05, 4.69) is 26.1 Å². The molecule has 1 rings (SSSR count). The van der Waals surface area contributed by atoms with Crippen molar-refractivity contribution < 1.29 is 10.2 Å². The van der Waals surface area contributed by atoms with Gasteiger partial charge in [-0.25, -0.2) is 5.43 Å². The van der Waals surface area contributed by atoms with Crippen molar-refractivity contribution in [3.63, 3.8) is 0 Å². The van der Waals surface area contributed by atoms with E-state index in [4.69, 9.17) is 23.3 Å². The molecule has 11 heteroatoms. The van der Waals surface area contributed by atoms with Gasteiger partial charge in [-0.1, -0.05) is 0 Å². The zero-order valence-electron chi connectivity index (χ0n) is 6.51. The molecule has 0 radical (unpaired) electrons. The summed E-state index contributed by atoms with van der Waals surface area (Å²) in [7, 11) is 0. The van der Waals surface area contributed by atoms with Gasteiger partial charge in [0, 0.05) is 0 Å². The van der Waals surface area contributed by atoms with E-state index in [-0.39, 0.29) is 5.96 Å². The Balaban J connectivity index is 0.000000226. The number of nitrogens with one attached hydrogen (secondary N) is 2. The van der Waals surface area contributed by atoms with Crippen molar-refractivity contribution in [2.24, 2.45) is 17.4 Å². The number of hydrogen-bond donors (Lipinski definition) is 6. The van der Waals surface area contributed by atoms with Crippen molar-refractivity contribution in [1.82, 2.24) is 25.7 Å². The molecule has 11 nitrogen and oxygen atoms in total. The highest BCUT2D eigenvalue weighted by Crippen LogP contribution is 1.81. The number of tetrazole rings is 1. The normalized spacial score (nSPS) is 10.1. The number of hydrazine groups is 2. The molecule has 0 saturated carbocycles. The Hall–Kier alpha value is -2.30. The summed E-state index contributed by atoms with van der Waals surface area (Å²) in [6, 6.07) is -0.639. The van der Waals surface area contributed by atoms with Crippen LogP contribution in [0.4, 0.5) is 0 Å². The summed E-state index contributed by atoms with van der Waals surface area (Å²) in [6.45, 7) is 0. The van der Waals surface area contributed by atoms with Crippen LogP contribution in [0.2, 0.25) is 0 Å². The summed E-state index contributed by atoms with van der Waals surface area (Å²) in [5.74, 6) is 14.4. The van der Waals surface area contributed by atoms with Crippen LogP contribution in [0.15, 0.2) is 0 Å². The number of hydrazone groups is 1. The van der Waals surface area contributed by atoms with Gasteiger partial charge in [-0.05, 0) is 10.4 Å². The standard InChI is InChI=1S/CH3N5O.CH7N5/c2-6-1(7)3-4-5-6;2-1(5-3)6-4/h2H2,(H,3,5,7);3-4H2,(H3,2,5,6). The molecule has 0 amide bonds. The lowest BCUT2D eigenvalue weighted by Gasteiger charge is -1.95. The van der Waals surface area contributed by atoms with E-state index in [0.717, 1.165) is 0 Å². The Morgan fingerprint density at radius 3 is 2.31 bits per heavy atom. The van der Waals surface area contributed by atoms with Crippen LogP contribution in [0.25, 0.3) is 0 Å². The highest BCUT2D eigenvalue weighted by Gasteiger charge is 1.83. The number of nitrogens with two attached hydrogens (primary N) is 4. The first kappa shape index (κ1) is 10.7. The summed E-state index contributed by atoms with van der Waals surface area (Å²) >= 11 is 0. The van der Waals surface area contributed by atoms with E-state index in [1.807, 2.05) is 0 Å². The Kier molecular flexibility index (Phi) is 4.41. The fourth-order valence-electron chi connectivity index (χ4n) is 0.227. The molecule has 1 aromatic heterocycles. The monoisotopic (exact) mass is 190 g/mol. The van der Waals surface area contributed by atoms with E-state index in [1.54, 1.807) is 0 Å². The first-order chi connectivity index (χ1) is 6.11. The van der Waals surface area contributed by atoms with E-state index >= 15 is 0 Å². The third-order valence-electron chi connectivity index (χ3n) is 0.774. The molecular weight excluding hydrogens is 180 g/mol. The lowest BCUT2D eigenvalue weighted by molar-refractivity contribution is -0.472. The SMILES string of the molecule is NN/C(N)=[NH+]/N.Nn1nnnc1[O-]. The second kappa shape index (κ2) is 5.36. The molecule has 0 unspecified atom stereocenters. The first-order valence-corrected chi connectivity index (χ1v) is 2.88. The molecule has 0 aliphatic carbocycles. The molecule has 10 N–H and O–H groups in total. The van der Waals surface area contributed by atoms with E-state index in [0.29, 0.717) is 4.79 Å². The molecule has 0 saturated heterocycles. The lowest BCUT2D eigenvalue weighted by atomic mass is 11.1. The van der Waals surface area contributed by atoms with Crippen molar-refractivity contribution in [2.45, 2.75) is 0 Å². The van der Waals surface area contributed by atoms with Crippen LogP contribution >= 0.6 is 0 Å². The van der Waals surface area contributed by atoms with Crippen LogP contribution in [0, 0.1) is 0 Å². The van der Waals surface area contributed by atoms with Crippen molar-refractivity contribution in [2.75, 3.05) is 5.84 Å². The molecule has 0 aliphatic heterocycles.